The van der Waals surface area contributed by atoms with Crippen LogP contribution >= 0.6 is 11.5 Å². The Hall–Kier alpha value is -2.61. The Balaban J connectivity index is 1.68. The summed E-state index contributed by atoms with van der Waals surface area (Å²) in [5.41, 5.74) is 7.24. The number of benzene rings is 1. The quantitative estimate of drug-likeness (QED) is 0.808. The minimum absolute atomic E-state index is 0.155. The number of nitrogens with zero attached hydrogens (tertiary/aromatic N) is 2. The fourth-order valence-electron chi connectivity index (χ4n) is 2.89. The molecule has 2 aromatic rings. The van der Waals surface area contributed by atoms with Gasteiger partial charge in [-0.15, -0.1) is 0 Å². The number of carbonyl (C=O) groups is 2. The molecule has 2 amide bonds. The number of likely N-dealkylation sites (tertiary alicyclic amines) is 1. The number of nitrogen functional groups attached to an aromatic ring is 1. The summed E-state index contributed by atoms with van der Waals surface area (Å²) >= 11 is 0.955. The molecule has 26 heavy (non-hydrogen) atoms. The molecule has 0 saturated carbocycles. The van der Waals surface area contributed by atoms with E-state index in [1.807, 2.05) is 31.2 Å². The van der Waals surface area contributed by atoms with Gasteiger partial charge in [-0.25, -0.2) is 0 Å². The Kier molecular flexibility index (Phi) is 5.72. The van der Waals surface area contributed by atoms with E-state index in [9.17, 15) is 9.59 Å². The van der Waals surface area contributed by atoms with Crippen molar-refractivity contribution in [3.63, 3.8) is 0 Å². The number of anilines is 1. The van der Waals surface area contributed by atoms with Crippen LogP contribution in [0.25, 0.3) is 0 Å². The van der Waals surface area contributed by atoms with Gasteiger partial charge in [0.15, 0.2) is 5.69 Å². The van der Waals surface area contributed by atoms with E-state index in [2.05, 4.69) is 9.69 Å². The molecular weight excluding hydrogens is 352 g/mol. The molecule has 0 radical (unpaired) electrons. The number of nitrogens with two attached hydrogens (primary N) is 1. The van der Waals surface area contributed by atoms with Crippen LogP contribution in [0.3, 0.4) is 0 Å². The largest absolute Gasteiger partial charge is 0.494 e. The SMILES string of the molecule is CCOc1ccccc1CNC(=O)c1snc(C(=O)N2CCCC2)c1N. The van der Waals surface area contributed by atoms with E-state index < -0.39 is 0 Å². The maximum absolute atomic E-state index is 12.5. The molecule has 1 aromatic carbocycles. The molecule has 3 N–H and O–H groups in total. The highest BCUT2D eigenvalue weighted by atomic mass is 32.1. The molecule has 0 atom stereocenters. The maximum Gasteiger partial charge on any atom is 0.275 e. The lowest BCUT2D eigenvalue weighted by atomic mass is 10.2. The second kappa shape index (κ2) is 8.18. The molecule has 0 aliphatic carbocycles. The minimum Gasteiger partial charge on any atom is -0.494 e. The van der Waals surface area contributed by atoms with Gasteiger partial charge in [-0.2, -0.15) is 4.37 Å². The molecule has 8 heteroatoms. The summed E-state index contributed by atoms with van der Waals surface area (Å²) in [6.07, 6.45) is 1.98. The normalized spacial score (nSPS) is 13.7. The van der Waals surface area contributed by atoms with Crippen LogP contribution < -0.4 is 15.8 Å². The van der Waals surface area contributed by atoms with Crippen LogP contribution in [-0.2, 0) is 6.54 Å². The van der Waals surface area contributed by atoms with E-state index in [0.717, 1.165) is 35.7 Å². The average Bonchev–Trinajstić information content (AvgIpc) is 3.30. The summed E-state index contributed by atoms with van der Waals surface area (Å²) in [6, 6.07) is 7.52. The Bertz CT molecular complexity index is 799. The van der Waals surface area contributed by atoms with Gasteiger partial charge < -0.3 is 20.7 Å². The fraction of sp³-hybridized carbons (Fsp3) is 0.389. The molecule has 138 valence electrons. The number of carbonyl (C=O) groups excluding carboxylic acids is 2. The first kappa shape index (κ1) is 18.2. The number of rotatable bonds is 6. The molecule has 1 saturated heterocycles. The van der Waals surface area contributed by atoms with E-state index in [-0.39, 0.29) is 28.1 Å². The lowest BCUT2D eigenvalue weighted by Gasteiger charge is -2.13. The first-order valence-corrected chi connectivity index (χ1v) is 9.42. The van der Waals surface area contributed by atoms with Gasteiger partial charge in [0.25, 0.3) is 11.8 Å². The Morgan fingerprint density at radius 3 is 2.77 bits per heavy atom. The standard InChI is InChI=1S/C18H22N4O3S/c1-2-25-13-8-4-3-7-12(13)11-20-17(23)16-14(19)15(21-26-16)18(24)22-9-5-6-10-22/h3-4,7-8H,2,5-6,9-11,19H2,1H3,(H,20,23). The van der Waals surface area contributed by atoms with Crippen molar-refractivity contribution in [2.24, 2.45) is 0 Å². The summed E-state index contributed by atoms with van der Waals surface area (Å²) in [5.74, 6) is 0.196. The van der Waals surface area contributed by atoms with Crippen LogP contribution in [0.4, 0.5) is 5.69 Å². The average molecular weight is 374 g/mol. The zero-order chi connectivity index (χ0) is 18.5. The van der Waals surface area contributed by atoms with Crippen LogP contribution in [0.15, 0.2) is 24.3 Å². The van der Waals surface area contributed by atoms with E-state index in [0.29, 0.717) is 26.2 Å². The topological polar surface area (TPSA) is 97.5 Å². The van der Waals surface area contributed by atoms with E-state index >= 15 is 0 Å². The lowest BCUT2D eigenvalue weighted by Crippen LogP contribution is -2.29. The molecular formula is C18H22N4O3S. The third kappa shape index (κ3) is 3.80. The number of aromatic nitrogens is 1. The molecule has 1 aliphatic rings. The number of amides is 2. The van der Waals surface area contributed by atoms with Crippen LogP contribution in [0.1, 0.15) is 45.5 Å². The number of para-hydroxylation sites is 1. The van der Waals surface area contributed by atoms with Crippen molar-refractivity contribution in [2.75, 3.05) is 25.4 Å². The van der Waals surface area contributed by atoms with Gasteiger partial charge in [0, 0.05) is 25.2 Å². The third-order valence-electron chi connectivity index (χ3n) is 4.24. The Morgan fingerprint density at radius 2 is 2.04 bits per heavy atom. The van der Waals surface area contributed by atoms with Gasteiger partial charge in [0.1, 0.15) is 10.6 Å². The molecule has 0 unspecified atom stereocenters. The van der Waals surface area contributed by atoms with Crippen molar-refractivity contribution < 1.29 is 14.3 Å². The molecule has 1 aliphatic heterocycles. The van der Waals surface area contributed by atoms with Gasteiger partial charge in [-0.3, -0.25) is 9.59 Å². The minimum atomic E-state index is -0.341. The number of hydrogen-bond acceptors (Lipinski definition) is 6. The molecule has 0 bridgehead atoms. The predicted molar refractivity (Wildman–Crippen MR) is 100 cm³/mol. The molecule has 1 fully saturated rings. The monoisotopic (exact) mass is 374 g/mol. The molecule has 7 nitrogen and oxygen atoms in total. The van der Waals surface area contributed by atoms with Crippen molar-refractivity contribution in [1.82, 2.24) is 14.6 Å². The van der Waals surface area contributed by atoms with Gasteiger partial charge in [-0.1, -0.05) is 18.2 Å². The highest BCUT2D eigenvalue weighted by Crippen LogP contribution is 2.25. The number of nitrogens with one attached hydrogen (secondary N) is 1. The Labute approximate surface area is 156 Å². The predicted octanol–water partition coefficient (Wildman–Crippen LogP) is 2.29. The fourth-order valence-corrected chi connectivity index (χ4v) is 3.60. The Morgan fingerprint density at radius 1 is 1.31 bits per heavy atom. The van der Waals surface area contributed by atoms with Gasteiger partial charge in [0.05, 0.1) is 12.3 Å². The summed E-state index contributed by atoms with van der Waals surface area (Å²) in [7, 11) is 0. The summed E-state index contributed by atoms with van der Waals surface area (Å²) in [6.45, 7) is 4.19. The van der Waals surface area contributed by atoms with Crippen LogP contribution in [0.5, 0.6) is 5.75 Å². The highest BCUT2D eigenvalue weighted by molar-refractivity contribution is 7.09. The van der Waals surface area contributed by atoms with Crippen molar-refractivity contribution in [3.8, 4) is 5.75 Å². The van der Waals surface area contributed by atoms with E-state index in [1.54, 1.807) is 4.90 Å². The molecule has 3 rings (SSSR count). The smallest absolute Gasteiger partial charge is 0.275 e. The summed E-state index contributed by atoms with van der Waals surface area (Å²) < 4.78 is 9.68. The van der Waals surface area contributed by atoms with Gasteiger partial charge >= 0.3 is 0 Å². The number of hydrogen-bond donors (Lipinski definition) is 2. The van der Waals surface area contributed by atoms with Crippen molar-refractivity contribution in [1.29, 1.82) is 0 Å². The maximum atomic E-state index is 12.5. The van der Waals surface area contributed by atoms with Crippen LogP contribution in [0, 0.1) is 0 Å². The highest BCUT2D eigenvalue weighted by Gasteiger charge is 2.27. The zero-order valence-electron chi connectivity index (χ0n) is 14.7. The van der Waals surface area contributed by atoms with E-state index in [1.165, 1.54) is 0 Å². The van der Waals surface area contributed by atoms with Crippen LogP contribution in [0.2, 0.25) is 0 Å². The van der Waals surface area contributed by atoms with Crippen molar-refractivity contribution in [3.05, 3.63) is 40.4 Å². The summed E-state index contributed by atoms with van der Waals surface area (Å²) in [5, 5.41) is 2.82. The number of ether oxygens (including phenoxy) is 1. The van der Waals surface area contributed by atoms with Gasteiger partial charge in [0.2, 0.25) is 0 Å². The molecule has 0 spiro atoms. The second-order valence-electron chi connectivity index (χ2n) is 6.00. The van der Waals surface area contributed by atoms with Crippen molar-refractivity contribution >= 4 is 29.0 Å². The van der Waals surface area contributed by atoms with Crippen molar-refractivity contribution in [2.45, 2.75) is 26.3 Å². The van der Waals surface area contributed by atoms with Gasteiger partial charge in [-0.05, 0) is 37.4 Å². The van der Waals surface area contributed by atoms with Crippen LogP contribution in [-0.4, -0.2) is 40.8 Å². The summed E-state index contributed by atoms with van der Waals surface area (Å²) in [4.78, 5) is 26.9. The first-order valence-electron chi connectivity index (χ1n) is 8.65. The lowest BCUT2D eigenvalue weighted by molar-refractivity contribution is 0.0789. The second-order valence-corrected chi connectivity index (χ2v) is 6.77. The molecule has 2 heterocycles. The third-order valence-corrected chi connectivity index (χ3v) is 5.10. The van der Waals surface area contributed by atoms with E-state index in [4.69, 9.17) is 10.5 Å². The zero-order valence-corrected chi connectivity index (χ0v) is 15.5. The molecule has 1 aromatic heterocycles. The first-order chi connectivity index (χ1) is 12.6.